The third kappa shape index (κ3) is 2.99. The summed E-state index contributed by atoms with van der Waals surface area (Å²) in [4.78, 5) is 11.4. The van der Waals surface area contributed by atoms with Crippen LogP contribution >= 0.6 is 0 Å². The van der Waals surface area contributed by atoms with E-state index in [0.717, 1.165) is 6.42 Å². The zero-order valence-corrected chi connectivity index (χ0v) is 8.83. The number of esters is 1. The predicted molar refractivity (Wildman–Crippen MR) is 51.1 cm³/mol. The number of hydrogen-bond donors (Lipinski definition) is 1. The van der Waals surface area contributed by atoms with Gasteiger partial charge in [-0.05, 0) is 39.0 Å². The highest BCUT2D eigenvalue weighted by molar-refractivity contribution is 5.76. The maximum absolute atomic E-state index is 11.4. The fourth-order valence-electron chi connectivity index (χ4n) is 1.40. The van der Waals surface area contributed by atoms with Crippen LogP contribution in [-0.2, 0) is 9.53 Å². The summed E-state index contributed by atoms with van der Waals surface area (Å²) in [5.74, 6) is 0.666. The van der Waals surface area contributed by atoms with Crippen molar-refractivity contribution < 1.29 is 9.53 Å². The Hall–Kier alpha value is -0.570. The molecule has 0 aromatic rings. The van der Waals surface area contributed by atoms with Gasteiger partial charge in [0.2, 0.25) is 0 Å². The standard InChI is InChI=1S/C10H19NO2/c1-6-5-7(6)8(11)9(12)13-10(2,3)4/h6-8H,5,11H2,1-4H3. The minimum absolute atomic E-state index is 0.262. The zero-order valence-electron chi connectivity index (χ0n) is 8.83. The van der Waals surface area contributed by atoms with Crippen LogP contribution in [-0.4, -0.2) is 17.6 Å². The van der Waals surface area contributed by atoms with Crippen molar-refractivity contribution >= 4 is 5.97 Å². The molecule has 3 unspecified atom stereocenters. The van der Waals surface area contributed by atoms with Crippen LogP contribution in [0.1, 0.15) is 34.1 Å². The van der Waals surface area contributed by atoms with Crippen molar-refractivity contribution in [1.29, 1.82) is 0 Å². The summed E-state index contributed by atoms with van der Waals surface area (Å²) in [6, 6.07) is -0.422. The van der Waals surface area contributed by atoms with Crippen molar-refractivity contribution in [2.24, 2.45) is 17.6 Å². The first-order valence-electron chi connectivity index (χ1n) is 4.79. The monoisotopic (exact) mass is 185 g/mol. The summed E-state index contributed by atoms with van der Waals surface area (Å²) >= 11 is 0. The quantitative estimate of drug-likeness (QED) is 0.660. The molecule has 1 aliphatic carbocycles. The van der Waals surface area contributed by atoms with Gasteiger partial charge in [-0.15, -0.1) is 0 Å². The van der Waals surface area contributed by atoms with Crippen LogP contribution in [0.5, 0.6) is 0 Å². The largest absolute Gasteiger partial charge is 0.459 e. The van der Waals surface area contributed by atoms with Crippen LogP contribution in [0.3, 0.4) is 0 Å². The fraction of sp³-hybridized carbons (Fsp3) is 0.900. The molecule has 76 valence electrons. The molecule has 0 bridgehead atoms. The molecular weight excluding hydrogens is 166 g/mol. The Bertz CT molecular complexity index is 207. The van der Waals surface area contributed by atoms with Gasteiger partial charge in [0, 0.05) is 0 Å². The zero-order chi connectivity index (χ0) is 10.2. The van der Waals surface area contributed by atoms with E-state index in [1.54, 1.807) is 0 Å². The second-order valence-electron chi connectivity index (χ2n) is 4.94. The second-order valence-corrected chi connectivity index (χ2v) is 4.94. The molecule has 13 heavy (non-hydrogen) atoms. The van der Waals surface area contributed by atoms with Crippen molar-refractivity contribution in [3.8, 4) is 0 Å². The highest BCUT2D eigenvalue weighted by atomic mass is 16.6. The molecule has 1 rings (SSSR count). The van der Waals surface area contributed by atoms with Crippen molar-refractivity contribution in [2.75, 3.05) is 0 Å². The van der Waals surface area contributed by atoms with Crippen LogP contribution in [0.2, 0.25) is 0 Å². The van der Waals surface area contributed by atoms with Gasteiger partial charge in [0.15, 0.2) is 0 Å². The van der Waals surface area contributed by atoms with E-state index in [1.165, 1.54) is 0 Å². The Morgan fingerprint density at radius 2 is 2.00 bits per heavy atom. The molecule has 0 spiro atoms. The van der Waals surface area contributed by atoms with Crippen molar-refractivity contribution in [3.05, 3.63) is 0 Å². The van der Waals surface area contributed by atoms with Crippen LogP contribution < -0.4 is 5.73 Å². The molecule has 3 atom stereocenters. The molecule has 1 saturated carbocycles. The van der Waals surface area contributed by atoms with Crippen molar-refractivity contribution in [3.63, 3.8) is 0 Å². The van der Waals surface area contributed by atoms with Crippen molar-refractivity contribution in [2.45, 2.75) is 45.8 Å². The topological polar surface area (TPSA) is 52.3 Å². The van der Waals surface area contributed by atoms with Gasteiger partial charge in [0.05, 0.1) is 0 Å². The summed E-state index contributed by atoms with van der Waals surface area (Å²) in [5, 5.41) is 0. The first kappa shape index (κ1) is 10.5. The third-order valence-corrected chi connectivity index (χ3v) is 2.31. The number of nitrogens with two attached hydrogens (primary N) is 1. The average molecular weight is 185 g/mol. The maximum Gasteiger partial charge on any atom is 0.323 e. The summed E-state index contributed by atoms with van der Waals surface area (Å²) < 4.78 is 5.19. The van der Waals surface area contributed by atoms with E-state index in [9.17, 15) is 4.79 Å². The second kappa shape index (κ2) is 3.29. The Kier molecular flexibility index (Phi) is 2.66. The minimum Gasteiger partial charge on any atom is -0.459 e. The average Bonchev–Trinajstić information content (AvgIpc) is 2.61. The van der Waals surface area contributed by atoms with Gasteiger partial charge in [-0.25, -0.2) is 0 Å². The van der Waals surface area contributed by atoms with Crippen LogP contribution in [0, 0.1) is 11.8 Å². The highest BCUT2D eigenvalue weighted by Gasteiger charge is 2.42. The fourth-order valence-corrected chi connectivity index (χ4v) is 1.40. The highest BCUT2D eigenvalue weighted by Crippen LogP contribution is 2.40. The lowest BCUT2D eigenvalue weighted by Crippen LogP contribution is -2.39. The summed E-state index contributed by atoms with van der Waals surface area (Å²) in [7, 11) is 0. The lowest BCUT2D eigenvalue weighted by atomic mass is 10.1. The molecule has 0 heterocycles. The Labute approximate surface area is 79.6 Å². The number of carbonyl (C=O) groups excluding carboxylic acids is 1. The summed E-state index contributed by atoms with van der Waals surface area (Å²) in [5.41, 5.74) is 5.32. The Morgan fingerprint density at radius 1 is 1.54 bits per heavy atom. The molecule has 3 nitrogen and oxygen atoms in total. The van der Waals surface area contributed by atoms with Crippen LogP contribution in [0.4, 0.5) is 0 Å². The van der Waals surface area contributed by atoms with E-state index in [1.807, 2.05) is 20.8 Å². The van der Waals surface area contributed by atoms with Gasteiger partial charge in [-0.1, -0.05) is 6.92 Å². The van der Waals surface area contributed by atoms with E-state index in [4.69, 9.17) is 10.5 Å². The van der Waals surface area contributed by atoms with Crippen LogP contribution in [0.15, 0.2) is 0 Å². The molecule has 1 aliphatic rings. The van der Waals surface area contributed by atoms with E-state index in [2.05, 4.69) is 6.92 Å². The lowest BCUT2D eigenvalue weighted by molar-refractivity contribution is -0.157. The van der Waals surface area contributed by atoms with Crippen molar-refractivity contribution in [1.82, 2.24) is 0 Å². The SMILES string of the molecule is CC1CC1C(N)C(=O)OC(C)(C)C. The van der Waals surface area contributed by atoms with Gasteiger partial charge < -0.3 is 10.5 Å². The van der Waals surface area contributed by atoms with Gasteiger partial charge in [0.1, 0.15) is 11.6 Å². The first-order chi connectivity index (χ1) is 5.81. The maximum atomic E-state index is 11.4. The molecule has 0 saturated heterocycles. The van der Waals surface area contributed by atoms with Gasteiger partial charge in [0.25, 0.3) is 0 Å². The van der Waals surface area contributed by atoms with E-state index in [-0.39, 0.29) is 5.97 Å². The van der Waals surface area contributed by atoms with E-state index >= 15 is 0 Å². The smallest absolute Gasteiger partial charge is 0.323 e. The summed E-state index contributed by atoms with van der Waals surface area (Å²) in [6.45, 7) is 7.67. The third-order valence-electron chi connectivity index (χ3n) is 2.31. The molecule has 2 N–H and O–H groups in total. The minimum atomic E-state index is -0.424. The lowest BCUT2D eigenvalue weighted by Gasteiger charge is -2.22. The molecule has 1 fully saturated rings. The molecule has 0 amide bonds. The number of ether oxygens (including phenoxy) is 1. The van der Waals surface area contributed by atoms with Gasteiger partial charge in [-0.2, -0.15) is 0 Å². The molecule has 3 heteroatoms. The number of rotatable bonds is 2. The summed E-state index contributed by atoms with van der Waals surface area (Å²) in [6.07, 6.45) is 1.06. The predicted octanol–water partition coefficient (Wildman–Crippen LogP) is 1.31. The van der Waals surface area contributed by atoms with Gasteiger partial charge >= 0.3 is 5.97 Å². The molecular formula is C10H19NO2. The normalized spacial score (nSPS) is 29.6. The molecule has 0 aromatic carbocycles. The Balaban J connectivity index is 2.39. The van der Waals surface area contributed by atoms with Gasteiger partial charge in [-0.3, -0.25) is 4.79 Å². The number of carbonyl (C=O) groups is 1. The van der Waals surface area contributed by atoms with E-state index < -0.39 is 11.6 Å². The van der Waals surface area contributed by atoms with Crippen LogP contribution in [0.25, 0.3) is 0 Å². The number of hydrogen-bond acceptors (Lipinski definition) is 3. The Morgan fingerprint density at radius 3 is 2.31 bits per heavy atom. The molecule has 0 radical (unpaired) electrons. The molecule has 0 aliphatic heterocycles. The van der Waals surface area contributed by atoms with E-state index in [0.29, 0.717) is 11.8 Å². The molecule has 0 aromatic heterocycles. The first-order valence-corrected chi connectivity index (χ1v) is 4.79.